The number of ketones is 1. The average molecular weight is 309 g/mol. The van der Waals surface area contributed by atoms with Crippen molar-refractivity contribution in [3.8, 4) is 0 Å². The number of hydrogen-bond acceptors (Lipinski definition) is 4. The van der Waals surface area contributed by atoms with Crippen LogP contribution in [0.1, 0.15) is 17.3 Å². The lowest BCUT2D eigenvalue weighted by Gasteiger charge is -2.34. The van der Waals surface area contributed by atoms with E-state index in [0.717, 1.165) is 19.6 Å². The fraction of sp³-hybridized carbons (Fsp3) is 0.467. The molecular weight excluding hydrogens is 292 g/mol. The standard InChI is InChI=1S/C15H17ClN2O3/c1-2-17-5-6-21-11(8-17)9-18-13-7-10(16)3-4-12(13)14(19)15(18)20/h3-4,7,11H,2,5-6,8-9H2,1H3. The summed E-state index contributed by atoms with van der Waals surface area (Å²) in [6.45, 7) is 5.76. The minimum absolute atomic E-state index is 0.0830. The molecule has 1 amide bonds. The molecule has 0 N–H and O–H groups in total. The van der Waals surface area contributed by atoms with E-state index in [1.165, 1.54) is 4.90 Å². The molecule has 1 atom stereocenters. The number of hydrogen-bond donors (Lipinski definition) is 0. The molecule has 1 fully saturated rings. The lowest BCUT2D eigenvalue weighted by atomic mass is 10.1. The maximum Gasteiger partial charge on any atom is 0.299 e. The molecule has 2 aliphatic rings. The van der Waals surface area contributed by atoms with E-state index in [4.69, 9.17) is 16.3 Å². The highest BCUT2D eigenvalue weighted by Gasteiger charge is 2.37. The summed E-state index contributed by atoms with van der Waals surface area (Å²) in [7, 11) is 0. The highest BCUT2D eigenvalue weighted by molar-refractivity contribution is 6.52. The van der Waals surface area contributed by atoms with Gasteiger partial charge in [-0.25, -0.2) is 0 Å². The van der Waals surface area contributed by atoms with Crippen LogP contribution in [0.25, 0.3) is 0 Å². The third-order valence-corrected chi connectivity index (χ3v) is 4.23. The molecule has 3 rings (SSSR count). The lowest BCUT2D eigenvalue weighted by molar-refractivity contribution is -0.115. The molecule has 1 aromatic carbocycles. The Hall–Kier alpha value is -1.43. The van der Waals surface area contributed by atoms with Gasteiger partial charge in [0.1, 0.15) is 0 Å². The predicted octanol–water partition coefficient (Wildman–Crippen LogP) is 1.59. The van der Waals surface area contributed by atoms with Crippen molar-refractivity contribution in [2.75, 3.05) is 37.7 Å². The normalized spacial score (nSPS) is 22.8. The van der Waals surface area contributed by atoms with Gasteiger partial charge in [0.05, 0.1) is 30.5 Å². The van der Waals surface area contributed by atoms with Gasteiger partial charge in [-0.2, -0.15) is 0 Å². The van der Waals surface area contributed by atoms with Gasteiger partial charge >= 0.3 is 0 Å². The third-order valence-electron chi connectivity index (χ3n) is 3.99. The number of fused-ring (bicyclic) bond motifs is 1. The molecule has 21 heavy (non-hydrogen) atoms. The molecule has 2 heterocycles. The smallest absolute Gasteiger partial charge is 0.299 e. The van der Waals surface area contributed by atoms with Crippen molar-refractivity contribution in [2.45, 2.75) is 13.0 Å². The van der Waals surface area contributed by atoms with Crippen molar-refractivity contribution >= 4 is 29.0 Å². The number of carbonyl (C=O) groups is 2. The van der Waals surface area contributed by atoms with E-state index < -0.39 is 11.7 Å². The Bertz CT molecular complexity index is 590. The van der Waals surface area contributed by atoms with Crippen molar-refractivity contribution in [2.24, 2.45) is 0 Å². The number of benzene rings is 1. The number of Topliss-reactive ketones (excluding diaryl/α,β-unsaturated/α-hetero) is 1. The first-order valence-corrected chi connectivity index (χ1v) is 7.47. The number of halogens is 1. The summed E-state index contributed by atoms with van der Waals surface area (Å²) >= 11 is 5.98. The largest absolute Gasteiger partial charge is 0.374 e. The molecule has 112 valence electrons. The molecule has 1 saturated heterocycles. The molecule has 6 heteroatoms. The fourth-order valence-corrected chi connectivity index (χ4v) is 3.00. The van der Waals surface area contributed by atoms with Crippen LogP contribution in [-0.4, -0.2) is 55.5 Å². The summed E-state index contributed by atoms with van der Waals surface area (Å²) in [5, 5.41) is 0.515. The van der Waals surface area contributed by atoms with Crippen LogP contribution in [0, 0.1) is 0 Å². The second-order valence-corrected chi connectivity index (χ2v) is 5.73. The van der Waals surface area contributed by atoms with Crippen LogP contribution in [0.15, 0.2) is 18.2 Å². The van der Waals surface area contributed by atoms with Crippen LogP contribution in [0.4, 0.5) is 5.69 Å². The average Bonchev–Trinajstić information content (AvgIpc) is 2.72. The van der Waals surface area contributed by atoms with Gasteiger partial charge in [0, 0.05) is 18.1 Å². The number of carbonyl (C=O) groups excluding carboxylic acids is 2. The van der Waals surface area contributed by atoms with Gasteiger partial charge in [-0.3, -0.25) is 14.5 Å². The van der Waals surface area contributed by atoms with Crippen molar-refractivity contribution in [1.29, 1.82) is 0 Å². The second kappa shape index (κ2) is 5.75. The Morgan fingerprint density at radius 2 is 2.19 bits per heavy atom. The van der Waals surface area contributed by atoms with Crippen LogP contribution in [0.3, 0.4) is 0 Å². The predicted molar refractivity (Wildman–Crippen MR) is 80.0 cm³/mol. The summed E-state index contributed by atoms with van der Waals surface area (Å²) in [6.07, 6.45) is -0.0830. The second-order valence-electron chi connectivity index (χ2n) is 5.29. The van der Waals surface area contributed by atoms with Gasteiger partial charge in [0.15, 0.2) is 0 Å². The Morgan fingerprint density at radius 3 is 2.95 bits per heavy atom. The van der Waals surface area contributed by atoms with Gasteiger partial charge < -0.3 is 9.64 Å². The van der Waals surface area contributed by atoms with Gasteiger partial charge in [-0.15, -0.1) is 0 Å². The van der Waals surface area contributed by atoms with E-state index in [2.05, 4.69) is 11.8 Å². The van der Waals surface area contributed by atoms with Crippen molar-refractivity contribution < 1.29 is 14.3 Å². The van der Waals surface area contributed by atoms with Crippen LogP contribution in [0.5, 0.6) is 0 Å². The zero-order valence-electron chi connectivity index (χ0n) is 11.8. The zero-order chi connectivity index (χ0) is 15.0. The molecular formula is C15H17ClN2O3. The van der Waals surface area contributed by atoms with Crippen molar-refractivity contribution in [3.05, 3.63) is 28.8 Å². The summed E-state index contributed by atoms with van der Waals surface area (Å²) in [4.78, 5) is 27.9. The number of morpholine rings is 1. The number of nitrogens with zero attached hydrogens (tertiary/aromatic N) is 2. The fourth-order valence-electron chi connectivity index (χ4n) is 2.83. The van der Waals surface area contributed by atoms with Crippen molar-refractivity contribution in [3.63, 3.8) is 0 Å². The third kappa shape index (κ3) is 2.69. The van der Waals surface area contributed by atoms with Crippen LogP contribution < -0.4 is 4.90 Å². The summed E-state index contributed by atoms with van der Waals surface area (Å²) in [6, 6.07) is 4.91. The first kappa shape index (κ1) is 14.5. The van der Waals surface area contributed by atoms with Crippen LogP contribution >= 0.6 is 11.6 Å². The quantitative estimate of drug-likeness (QED) is 0.796. The molecule has 0 radical (unpaired) electrons. The minimum Gasteiger partial charge on any atom is -0.374 e. The van der Waals surface area contributed by atoms with E-state index in [9.17, 15) is 9.59 Å². The first-order valence-electron chi connectivity index (χ1n) is 7.10. The highest BCUT2D eigenvalue weighted by Crippen LogP contribution is 2.32. The van der Waals surface area contributed by atoms with Crippen molar-refractivity contribution in [1.82, 2.24) is 4.90 Å². The van der Waals surface area contributed by atoms with Crippen LogP contribution in [-0.2, 0) is 9.53 Å². The molecule has 1 unspecified atom stereocenters. The zero-order valence-corrected chi connectivity index (χ0v) is 12.6. The maximum atomic E-state index is 12.2. The van der Waals surface area contributed by atoms with Crippen LogP contribution in [0.2, 0.25) is 5.02 Å². The number of ether oxygens (including phenoxy) is 1. The molecule has 2 aliphatic heterocycles. The molecule has 0 spiro atoms. The number of amides is 1. The van der Waals surface area contributed by atoms with Gasteiger partial charge in [0.25, 0.3) is 11.7 Å². The van der Waals surface area contributed by atoms with E-state index in [-0.39, 0.29) is 6.10 Å². The van der Waals surface area contributed by atoms with E-state index in [1.54, 1.807) is 18.2 Å². The number of rotatable bonds is 3. The minimum atomic E-state index is -0.496. The molecule has 1 aromatic rings. The summed E-state index contributed by atoms with van der Waals surface area (Å²) < 4.78 is 5.72. The molecule has 5 nitrogen and oxygen atoms in total. The molecule has 0 aliphatic carbocycles. The highest BCUT2D eigenvalue weighted by atomic mass is 35.5. The van der Waals surface area contributed by atoms with E-state index in [1.807, 2.05) is 0 Å². The molecule has 0 saturated carbocycles. The lowest BCUT2D eigenvalue weighted by Crippen LogP contribution is -2.48. The number of anilines is 1. The Labute approximate surface area is 128 Å². The van der Waals surface area contributed by atoms with Gasteiger partial charge in [-0.05, 0) is 24.7 Å². The SMILES string of the molecule is CCN1CCOC(CN2C(=O)C(=O)c3ccc(Cl)cc32)C1. The van der Waals surface area contributed by atoms with E-state index in [0.29, 0.717) is 29.4 Å². The Morgan fingerprint density at radius 1 is 1.38 bits per heavy atom. The first-order chi connectivity index (χ1) is 10.1. The van der Waals surface area contributed by atoms with Gasteiger partial charge in [0.2, 0.25) is 0 Å². The Balaban J connectivity index is 1.81. The monoisotopic (exact) mass is 308 g/mol. The Kier molecular flexibility index (Phi) is 3.97. The maximum absolute atomic E-state index is 12.2. The summed E-state index contributed by atoms with van der Waals surface area (Å²) in [5.74, 6) is -0.964. The molecule has 0 aromatic heterocycles. The van der Waals surface area contributed by atoms with Gasteiger partial charge in [-0.1, -0.05) is 18.5 Å². The molecule has 0 bridgehead atoms. The van der Waals surface area contributed by atoms with E-state index >= 15 is 0 Å². The summed E-state index contributed by atoms with van der Waals surface area (Å²) in [5.41, 5.74) is 1.02. The topological polar surface area (TPSA) is 49.9 Å². The number of likely N-dealkylation sites (N-methyl/N-ethyl adjacent to an activating group) is 1.